The van der Waals surface area contributed by atoms with Crippen LogP contribution in [-0.4, -0.2) is 66.3 Å². The molecular weight excluding hydrogens is 276 g/mol. The Balaban J connectivity index is 1.76. The van der Waals surface area contributed by atoms with E-state index in [-0.39, 0.29) is 0 Å². The van der Waals surface area contributed by atoms with Gasteiger partial charge in [-0.1, -0.05) is 12.8 Å². The highest BCUT2D eigenvalue weighted by Crippen LogP contribution is 2.41. The summed E-state index contributed by atoms with van der Waals surface area (Å²) in [5.41, 5.74) is -0.525. The van der Waals surface area contributed by atoms with Crippen molar-refractivity contribution in [3.8, 4) is 0 Å². The Hall–Kier alpha value is -0.170. The van der Waals surface area contributed by atoms with Gasteiger partial charge < -0.3 is 5.11 Å². The van der Waals surface area contributed by atoms with Crippen LogP contribution in [0.15, 0.2) is 0 Å². The first-order valence-electron chi connectivity index (χ1n) is 7.83. The van der Waals surface area contributed by atoms with E-state index in [9.17, 15) is 13.5 Å². The Morgan fingerprint density at radius 1 is 1.10 bits per heavy atom. The van der Waals surface area contributed by atoms with Crippen molar-refractivity contribution in [3.63, 3.8) is 0 Å². The predicted molar refractivity (Wildman–Crippen MR) is 78.0 cm³/mol. The summed E-state index contributed by atoms with van der Waals surface area (Å²) in [5, 5.41) is 10.7. The fraction of sp³-hybridized carbons (Fsp3) is 1.00. The first-order chi connectivity index (χ1) is 9.43. The Labute approximate surface area is 122 Å². The van der Waals surface area contributed by atoms with Crippen molar-refractivity contribution < 1.29 is 13.5 Å². The molecule has 1 saturated carbocycles. The zero-order valence-electron chi connectivity index (χ0n) is 12.3. The van der Waals surface area contributed by atoms with Crippen LogP contribution in [-0.2, 0) is 10.0 Å². The van der Waals surface area contributed by atoms with Crippen molar-refractivity contribution in [1.29, 1.82) is 0 Å². The molecule has 5 nitrogen and oxygen atoms in total. The van der Waals surface area contributed by atoms with Crippen LogP contribution in [0.25, 0.3) is 0 Å². The van der Waals surface area contributed by atoms with Crippen LogP contribution < -0.4 is 0 Å². The second kappa shape index (κ2) is 5.23. The lowest BCUT2D eigenvalue weighted by molar-refractivity contribution is -0.0469. The van der Waals surface area contributed by atoms with Crippen LogP contribution in [0.2, 0.25) is 0 Å². The molecule has 1 N–H and O–H groups in total. The summed E-state index contributed by atoms with van der Waals surface area (Å²) >= 11 is 0. The molecule has 0 bridgehead atoms. The molecule has 2 saturated heterocycles. The molecule has 20 heavy (non-hydrogen) atoms. The van der Waals surface area contributed by atoms with E-state index in [0.29, 0.717) is 19.1 Å². The summed E-state index contributed by atoms with van der Waals surface area (Å²) in [6, 6.07) is 0.607. The number of nitrogens with zero attached hydrogens (tertiary/aromatic N) is 2. The molecule has 0 aromatic heterocycles. The lowest BCUT2D eigenvalue weighted by atomic mass is 9.83. The van der Waals surface area contributed by atoms with Gasteiger partial charge in [0.2, 0.25) is 10.0 Å². The van der Waals surface area contributed by atoms with Crippen LogP contribution in [0.1, 0.15) is 44.9 Å². The fourth-order valence-electron chi connectivity index (χ4n) is 4.54. The third-order valence-electron chi connectivity index (χ3n) is 5.57. The molecule has 116 valence electrons. The predicted octanol–water partition coefficient (Wildman–Crippen LogP) is 0.790. The van der Waals surface area contributed by atoms with Crippen molar-refractivity contribution in [1.82, 2.24) is 9.21 Å². The minimum Gasteiger partial charge on any atom is -0.390 e. The number of sulfonamides is 1. The van der Waals surface area contributed by atoms with Gasteiger partial charge in [-0.2, -0.15) is 4.31 Å². The normalized spacial score (nSPS) is 38.0. The molecule has 0 aromatic rings. The molecule has 2 atom stereocenters. The monoisotopic (exact) mass is 302 g/mol. The molecule has 0 unspecified atom stereocenters. The van der Waals surface area contributed by atoms with Gasteiger partial charge in [0.15, 0.2) is 0 Å². The van der Waals surface area contributed by atoms with E-state index in [1.807, 2.05) is 0 Å². The highest BCUT2D eigenvalue weighted by Gasteiger charge is 2.53. The van der Waals surface area contributed by atoms with Crippen LogP contribution in [0.4, 0.5) is 0 Å². The lowest BCUT2D eigenvalue weighted by Crippen LogP contribution is -2.63. The molecule has 0 aromatic carbocycles. The van der Waals surface area contributed by atoms with Gasteiger partial charge in [0, 0.05) is 25.7 Å². The van der Waals surface area contributed by atoms with E-state index in [1.54, 1.807) is 4.31 Å². The Morgan fingerprint density at radius 2 is 1.80 bits per heavy atom. The Bertz CT molecular complexity index is 461. The molecule has 6 heteroatoms. The largest absolute Gasteiger partial charge is 0.390 e. The molecule has 0 radical (unpaired) electrons. The lowest BCUT2D eigenvalue weighted by Gasteiger charge is -2.48. The van der Waals surface area contributed by atoms with Crippen LogP contribution in [0.5, 0.6) is 0 Å². The van der Waals surface area contributed by atoms with Crippen LogP contribution >= 0.6 is 0 Å². The van der Waals surface area contributed by atoms with Gasteiger partial charge >= 0.3 is 0 Å². The van der Waals surface area contributed by atoms with Crippen LogP contribution in [0.3, 0.4) is 0 Å². The number of hydrogen-bond acceptors (Lipinski definition) is 4. The van der Waals surface area contributed by atoms with E-state index in [1.165, 1.54) is 31.9 Å². The average Bonchev–Trinajstić information content (AvgIpc) is 3.02. The summed E-state index contributed by atoms with van der Waals surface area (Å²) < 4.78 is 25.6. The van der Waals surface area contributed by atoms with Crippen LogP contribution in [0, 0.1) is 0 Å². The number of likely N-dealkylation sites (tertiary alicyclic amines) is 1. The van der Waals surface area contributed by atoms with Gasteiger partial charge in [0.05, 0.1) is 17.9 Å². The third-order valence-corrected chi connectivity index (χ3v) is 6.92. The fourth-order valence-corrected chi connectivity index (χ4v) is 5.97. The molecule has 3 rings (SSSR count). The minimum absolute atomic E-state index is 0.525. The maximum absolute atomic E-state index is 12.0. The second-order valence-corrected chi connectivity index (χ2v) is 8.65. The number of β-amino-alcohol motifs (C(OH)–C–C–N with tert-alkyl or cyclic N) is 1. The Morgan fingerprint density at radius 3 is 2.40 bits per heavy atom. The van der Waals surface area contributed by atoms with Gasteiger partial charge in [0.1, 0.15) is 0 Å². The van der Waals surface area contributed by atoms with E-state index >= 15 is 0 Å². The summed E-state index contributed by atoms with van der Waals surface area (Å²) in [7, 11) is -3.23. The quantitative estimate of drug-likeness (QED) is 0.819. The second-order valence-electron chi connectivity index (χ2n) is 6.74. The first-order valence-corrected chi connectivity index (χ1v) is 9.68. The van der Waals surface area contributed by atoms with E-state index < -0.39 is 21.7 Å². The summed E-state index contributed by atoms with van der Waals surface area (Å²) in [5.74, 6) is 0. The SMILES string of the molecule is CS(=O)(=O)N1CCC[C@@]12CCN(C1CCCC1)C[C@@H]2O. The van der Waals surface area contributed by atoms with E-state index in [4.69, 9.17) is 0 Å². The molecule has 0 amide bonds. The standard InChI is InChI=1S/C14H26N2O3S/c1-20(18,19)16-9-4-7-14(16)8-10-15(11-13(14)17)12-5-2-3-6-12/h12-13,17H,2-11H2,1H3/t13-,14-/m0/s1. The number of hydrogen-bond donors (Lipinski definition) is 1. The minimum atomic E-state index is -3.23. The summed E-state index contributed by atoms with van der Waals surface area (Å²) in [6.07, 6.45) is 8.22. The summed E-state index contributed by atoms with van der Waals surface area (Å²) in [4.78, 5) is 2.39. The average molecular weight is 302 g/mol. The van der Waals surface area contributed by atoms with Gasteiger partial charge in [-0.05, 0) is 32.1 Å². The number of aliphatic hydroxyl groups is 1. The maximum atomic E-state index is 12.0. The van der Waals surface area contributed by atoms with Crippen molar-refractivity contribution >= 4 is 10.0 Å². The van der Waals surface area contributed by atoms with Crippen molar-refractivity contribution in [2.24, 2.45) is 0 Å². The molecule has 3 fully saturated rings. The van der Waals surface area contributed by atoms with Crippen molar-refractivity contribution in [2.45, 2.75) is 62.6 Å². The molecule has 2 aliphatic heterocycles. The number of aliphatic hydroxyl groups excluding tert-OH is 1. The van der Waals surface area contributed by atoms with E-state index in [0.717, 1.165) is 25.8 Å². The smallest absolute Gasteiger partial charge is 0.211 e. The van der Waals surface area contributed by atoms with Crippen molar-refractivity contribution in [3.05, 3.63) is 0 Å². The molecule has 1 spiro atoms. The third kappa shape index (κ3) is 2.40. The topological polar surface area (TPSA) is 60.9 Å². The Kier molecular flexibility index (Phi) is 3.86. The van der Waals surface area contributed by atoms with Gasteiger partial charge in [-0.15, -0.1) is 0 Å². The van der Waals surface area contributed by atoms with E-state index in [2.05, 4.69) is 4.90 Å². The molecule has 2 heterocycles. The zero-order chi connectivity index (χ0) is 14.4. The highest BCUT2D eigenvalue weighted by molar-refractivity contribution is 7.88. The number of rotatable bonds is 2. The maximum Gasteiger partial charge on any atom is 0.211 e. The van der Waals surface area contributed by atoms with Gasteiger partial charge in [-0.3, -0.25) is 4.90 Å². The zero-order valence-corrected chi connectivity index (χ0v) is 13.1. The molecule has 3 aliphatic rings. The molecule has 1 aliphatic carbocycles. The molecular formula is C14H26N2O3S. The number of piperidine rings is 1. The summed E-state index contributed by atoms with van der Waals surface area (Å²) in [6.45, 7) is 2.13. The van der Waals surface area contributed by atoms with Crippen molar-refractivity contribution in [2.75, 3.05) is 25.9 Å². The van der Waals surface area contributed by atoms with Gasteiger partial charge in [0.25, 0.3) is 0 Å². The van der Waals surface area contributed by atoms with Gasteiger partial charge in [-0.25, -0.2) is 8.42 Å². The first kappa shape index (κ1) is 14.8. The highest BCUT2D eigenvalue weighted by atomic mass is 32.2.